The second-order valence-corrected chi connectivity index (χ2v) is 6.93. The zero-order valence-electron chi connectivity index (χ0n) is 14.0. The Labute approximate surface area is 158 Å². The fraction of sp³-hybridized carbons (Fsp3) is 0.111. The van der Waals surface area contributed by atoms with Gasteiger partial charge in [0.15, 0.2) is 16.7 Å². The van der Waals surface area contributed by atoms with Crippen molar-refractivity contribution in [1.29, 1.82) is 0 Å². The second kappa shape index (κ2) is 6.59. The summed E-state index contributed by atoms with van der Waals surface area (Å²) in [5.41, 5.74) is 3.93. The smallest absolute Gasteiger partial charge is 0.187 e. The van der Waals surface area contributed by atoms with E-state index in [1.54, 1.807) is 18.2 Å². The minimum Gasteiger partial charge on any atom is -0.494 e. The average Bonchev–Trinajstić information content (AvgIpc) is 3.18. The Bertz CT molecular complexity index is 1110. The Hall–Kier alpha value is -2.64. The van der Waals surface area contributed by atoms with Gasteiger partial charge >= 0.3 is 0 Å². The van der Waals surface area contributed by atoms with Gasteiger partial charge in [0.05, 0.1) is 23.5 Å². The number of aromatic nitrogens is 3. The summed E-state index contributed by atoms with van der Waals surface area (Å²) in [6.07, 6.45) is 1.82. The first-order chi connectivity index (χ1) is 12.5. The number of imidazole rings is 1. The summed E-state index contributed by atoms with van der Waals surface area (Å²) in [6, 6.07) is 8.36. The molecular weight excluding hydrogens is 375 g/mol. The highest BCUT2D eigenvalue weighted by atomic mass is 35.5. The SMILES string of the molecule is COc1ccc(Nc2nc(-c3c(C)nc4ccc(Cl)cn34)cs2)cc1F. The van der Waals surface area contributed by atoms with Gasteiger partial charge in [-0.3, -0.25) is 4.40 Å². The van der Waals surface area contributed by atoms with E-state index in [0.29, 0.717) is 15.8 Å². The molecule has 26 heavy (non-hydrogen) atoms. The zero-order valence-corrected chi connectivity index (χ0v) is 15.5. The minimum atomic E-state index is -0.429. The minimum absolute atomic E-state index is 0.202. The highest BCUT2D eigenvalue weighted by molar-refractivity contribution is 7.14. The van der Waals surface area contributed by atoms with Crippen LogP contribution in [0.3, 0.4) is 0 Å². The molecule has 0 aliphatic rings. The molecular formula is C18H14ClFN4OS. The molecule has 0 bridgehead atoms. The topological polar surface area (TPSA) is 51.5 Å². The van der Waals surface area contributed by atoms with Crippen molar-refractivity contribution in [2.75, 3.05) is 12.4 Å². The van der Waals surface area contributed by atoms with Gasteiger partial charge in [0.2, 0.25) is 0 Å². The van der Waals surface area contributed by atoms with Crippen molar-refractivity contribution in [3.05, 3.63) is 58.4 Å². The van der Waals surface area contributed by atoms with Crippen molar-refractivity contribution in [3.8, 4) is 17.1 Å². The van der Waals surface area contributed by atoms with Crippen LogP contribution in [-0.4, -0.2) is 21.5 Å². The molecule has 3 heterocycles. The van der Waals surface area contributed by atoms with E-state index in [9.17, 15) is 4.39 Å². The average molecular weight is 389 g/mol. The summed E-state index contributed by atoms with van der Waals surface area (Å²) >= 11 is 7.54. The molecule has 3 aromatic heterocycles. The molecule has 0 aliphatic carbocycles. The number of methoxy groups -OCH3 is 1. The summed E-state index contributed by atoms with van der Waals surface area (Å²) in [5.74, 6) is -0.227. The molecule has 0 aliphatic heterocycles. The van der Waals surface area contributed by atoms with Gasteiger partial charge in [-0.1, -0.05) is 11.6 Å². The lowest BCUT2D eigenvalue weighted by Gasteiger charge is -2.05. The van der Waals surface area contributed by atoms with Gasteiger partial charge in [0, 0.05) is 23.3 Å². The van der Waals surface area contributed by atoms with E-state index in [4.69, 9.17) is 16.3 Å². The number of hydrogen-bond donors (Lipinski definition) is 1. The van der Waals surface area contributed by atoms with Gasteiger partial charge in [0.25, 0.3) is 0 Å². The molecule has 0 amide bonds. The molecule has 8 heteroatoms. The van der Waals surface area contributed by atoms with E-state index >= 15 is 0 Å². The Morgan fingerprint density at radius 2 is 2.08 bits per heavy atom. The third-order valence-electron chi connectivity index (χ3n) is 3.91. The number of halogens is 2. The van der Waals surface area contributed by atoms with E-state index in [1.807, 2.05) is 29.0 Å². The van der Waals surface area contributed by atoms with E-state index in [1.165, 1.54) is 24.5 Å². The van der Waals surface area contributed by atoms with Crippen LogP contribution in [0.5, 0.6) is 5.75 Å². The Morgan fingerprint density at radius 1 is 1.23 bits per heavy atom. The van der Waals surface area contributed by atoms with Gasteiger partial charge in [-0.15, -0.1) is 11.3 Å². The number of benzene rings is 1. The van der Waals surface area contributed by atoms with Crippen LogP contribution in [0.15, 0.2) is 41.9 Å². The predicted molar refractivity (Wildman–Crippen MR) is 102 cm³/mol. The summed E-state index contributed by atoms with van der Waals surface area (Å²) in [5, 5.41) is 6.32. The maximum absolute atomic E-state index is 13.8. The summed E-state index contributed by atoms with van der Waals surface area (Å²) < 4.78 is 20.7. The van der Waals surface area contributed by atoms with E-state index in [0.717, 1.165) is 22.7 Å². The van der Waals surface area contributed by atoms with Crippen molar-refractivity contribution in [2.24, 2.45) is 0 Å². The molecule has 1 aromatic carbocycles. The van der Waals surface area contributed by atoms with Gasteiger partial charge in [-0.25, -0.2) is 14.4 Å². The normalized spacial score (nSPS) is 11.1. The molecule has 132 valence electrons. The number of anilines is 2. The lowest BCUT2D eigenvalue weighted by atomic mass is 10.3. The molecule has 0 atom stereocenters. The van der Waals surface area contributed by atoms with E-state index in [-0.39, 0.29) is 5.75 Å². The van der Waals surface area contributed by atoms with Crippen LogP contribution in [0.1, 0.15) is 5.69 Å². The number of thiazole rings is 1. The molecule has 0 saturated heterocycles. The lowest BCUT2D eigenvalue weighted by Crippen LogP contribution is -1.94. The number of nitrogens with zero attached hydrogens (tertiary/aromatic N) is 3. The lowest BCUT2D eigenvalue weighted by molar-refractivity contribution is 0.386. The molecule has 0 unspecified atom stereocenters. The number of pyridine rings is 1. The van der Waals surface area contributed by atoms with E-state index < -0.39 is 5.82 Å². The van der Waals surface area contributed by atoms with Crippen LogP contribution in [-0.2, 0) is 0 Å². The van der Waals surface area contributed by atoms with Crippen molar-refractivity contribution in [2.45, 2.75) is 6.92 Å². The van der Waals surface area contributed by atoms with Gasteiger partial charge in [0.1, 0.15) is 11.3 Å². The van der Waals surface area contributed by atoms with Gasteiger partial charge in [-0.05, 0) is 31.2 Å². The molecule has 4 aromatic rings. The third-order valence-corrected chi connectivity index (χ3v) is 4.89. The number of rotatable bonds is 4. The number of aryl methyl sites for hydroxylation is 1. The van der Waals surface area contributed by atoms with Gasteiger partial charge < -0.3 is 10.1 Å². The molecule has 0 spiro atoms. The molecule has 0 fully saturated rings. The Kier molecular flexibility index (Phi) is 4.26. The van der Waals surface area contributed by atoms with Crippen LogP contribution in [0.2, 0.25) is 5.02 Å². The highest BCUT2D eigenvalue weighted by Crippen LogP contribution is 2.31. The standard InChI is InChI=1S/C18H14ClFN4OS/c1-10-17(24-8-11(19)3-6-16(24)21-10)14-9-26-18(23-14)22-12-4-5-15(25-2)13(20)7-12/h3-9H,1-2H3,(H,22,23). The monoisotopic (exact) mass is 388 g/mol. The maximum atomic E-state index is 13.8. The summed E-state index contributed by atoms with van der Waals surface area (Å²) in [6.45, 7) is 1.93. The van der Waals surface area contributed by atoms with Crippen LogP contribution in [0, 0.1) is 12.7 Å². The fourth-order valence-electron chi connectivity index (χ4n) is 2.75. The maximum Gasteiger partial charge on any atom is 0.187 e. The van der Waals surface area contributed by atoms with Crippen LogP contribution >= 0.6 is 22.9 Å². The number of fused-ring (bicyclic) bond motifs is 1. The van der Waals surface area contributed by atoms with Crippen molar-refractivity contribution < 1.29 is 9.13 Å². The first-order valence-corrected chi connectivity index (χ1v) is 9.01. The van der Waals surface area contributed by atoms with Crippen LogP contribution in [0.25, 0.3) is 17.0 Å². The van der Waals surface area contributed by atoms with E-state index in [2.05, 4.69) is 15.3 Å². The molecule has 5 nitrogen and oxygen atoms in total. The number of ether oxygens (including phenoxy) is 1. The number of nitrogens with one attached hydrogen (secondary N) is 1. The van der Waals surface area contributed by atoms with Crippen LogP contribution in [0.4, 0.5) is 15.2 Å². The summed E-state index contributed by atoms with van der Waals surface area (Å²) in [7, 11) is 1.43. The molecule has 0 radical (unpaired) electrons. The highest BCUT2D eigenvalue weighted by Gasteiger charge is 2.15. The Morgan fingerprint density at radius 3 is 2.85 bits per heavy atom. The molecule has 0 saturated carbocycles. The quantitative estimate of drug-likeness (QED) is 0.514. The van der Waals surface area contributed by atoms with Gasteiger partial charge in [-0.2, -0.15) is 0 Å². The molecule has 4 rings (SSSR count). The van der Waals surface area contributed by atoms with Crippen LogP contribution < -0.4 is 10.1 Å². The zero-order chi connectivity index (χ0) is 18.3. The molecule has 1 N–H and O–H groups in total. The summed E-state index contributed by atoms with van der Waals surface area (Å²) in [4.78, 5) is 9.15. The van der Waals surface area contributed by atoms with Crippen molar-refractivity contribution in [1.82, 2.24) is 14.4 Å². The first-order valence-electron chi connectivity index (χ1n) is 7.76. The van der Waals surface area contributed by atoms with Crippen molar-refractivity contribution >= 4 is 39.4 Å². The largest absolute Gasteiger partial charge is 0.494 e. The Balaban J connectivity index is 1.68. The third kappa shape index (κ3) is 3.00. The second-order valence-electron chi connectivity index (χ2n) is 5.63. The number of hydrogen-bond acceptors (Lipinski definition) is 5. The first kappa shape index (κ1) is 16.8. The van der Waals surface area contributed by atoms with Crippen molar-refractivity contribution in [3.63, 3.8) is 0 Å². The fourth-order valence-corrected chi connectivity index (χ4v) is 3.63. The predicted octanol–water partition coefficient (Wildman–Crippen LogP) is 5.31.